The molecule has 3 nitrogen and oxygen atoms in total. The SMILES string of the molecule is C=N/C=C\NC(C)=NCC(C)C. The van der Waals surface area contributed by atoms with Crippen molar-refractivity contribution in [1.29, 1.82) is 0 Å². The predicted molar refractivity (Wildman–Crippen MR) is 54.6 cm³/mol. The molecule has 68 valence electrons. The van der Waals surface area contributed by atoms with E-state index in [9.17, 15) is 0 Å². The van der Waals surface area contributed by atoms with Crippen LogP contribution in [-0.4, -0.2) is 19.1 Å². The van der Waals surface area contributed by atoms with Gasteiger partial charge in [0, 0.05) is 18.9 Å². The summed E-state index contributed by atoms with van der Waals surface area (Å²) in [7, 11) is 0. The van der Waals surface area contributed by atoms with Crippen LogP contribution in [0.15, 0.2) is 22.4 Å². The van der Waals surface area contributed by atoms with E-state index in [0.717, 1.165) is 12.4 Å². The maximum absolute atomic E-state index is 4.29. The minimum absolute atomic E-state index is 0.600. The molecule has 0 amide bonds. The number of rotatable bonds is 4. The highest BCUT2D eigenvalue weighted by atomic mass is 15.0. The lowest BCUT2D eigenvalue weighted by atomic mass is 10.2. The average molecular weight is 167 g/mol. The zero-order valence-corrected chi connectivity index (χ0v) is 8.04. The largest absolute Gasteiger partial charge is 0.349 e. The van der Waals surface area contributed by atoms with Crippen LogP contribution in [0.4, 0.5) is 0 Å². The normalized spacial score (nSPS) is 12.5. The van der Waals surface area contributed by atoms with Gasteiger partial charge in [0.2, 0.25) is 0 Å². The molecule has 0 aromatic heterocycles. The fourth-order valence-corrected chi connectivity index (χ4v) is 0.576. The van der Waals surface area contributed by atoms with Gasteiger partial charge in [0.05, 0.1) is 5.84 Å². The highest BCUT2D eigenvalue weighted by molar-refractivity contribution is 5.80. The Labute approximate surface area is 74.3 Å². The Hall–Kier alpha value is -1.12. The molecule has 0 saturated heterocycles. The molecule has 0 atom stereocenters. The molecule has 0 fully saturated rings. The Balaban J connectivity index is 3.69. The van der Waals surface area contributed by atoms with Crippen LogP contribution in [0.3, 0.4) is 0 Å². The van der Waals surface area contributed by atoms with Crippen LogP contribution >= 0.6 is 0 Å². The van der Waals surface area contributed by atoms with Crippen molar-refractivity contribution < 1.29 is 0 Å². The molecule has 0 aliphatic carbocycles. The molecule has 0 unspecified atom stereocenters. The van der Waals surface area contributed by atoms with Crippen molar-refractivity contribution in [2.45, 2.75) is 20.8 Å². The standard InChI is InChI=1S/C9H17N3/c1-8(2)7-12-9(3)11-6-5-10-4/h5-6,8H,4,7H2,1-3H3,(H,11,12)/b6-5-. The molecular weight excluding hydrogens is 150 g/mol. The molecule has 0 spiro atoms. The fourth-order valence-electron chi connectivity index (χ4n) is 0.576. The van der Waals surface area contributed by atoms with Crippen molar-refractivity contribution >= 4 is 12.6 Å². The monoisotopic (exact) mass is 167 g/mol. The molecule has 3 heteroatoms. The summed E-state index contributed by atoms with van der Waals surface area (Å²) in [4.78, 5) is 7.84. The van der Waals surface area contributed by atoms with E-state index < -0.39 is 0 Å². The zero-order chi connectivity index (χ0) is 9.40. The minimum atomic E-state index is 0.600. The van der Waals surface area contributed by atoms with E-state index in [1.807, 2.05) is 6.92 Å². The van der Waals surface area contributed by atoms with E-state index >= 15 is 0 Å². The first-order valence-corrected chi connectivity index (χ1v) is 4.05. The van der Waals surface area contributed by atoms with Gasteiger partial charge in [-0.2, -0.15) is 0 Å². The van der Waals surface area contributed by atoms with Crippen molar-refractivity contribution in [3.8, 4) is 0 Å². The van der Waals surface area contributed by atoms with Gasteiger partial charge in [-0.05, 0) is 19.6 Å². The van der Waals surface area contributed by atoms with Crippen LogP contribution in [0.2, 0.25) is 0 Å². The van der Waals surface area contributed by atoms with Gasteiger partial charge in [-0.1, -0.05) is 13.8 Å². The van der Waals surface area contributed by atoms with Crippen LogP contribution in [0, 0.1) is 5.92 Å². The molecule has 1 N–H and O–H groups in total. The summed E-state index contributed by atoms with van der Waals surface area (Å²) < 4.78 is 0. The molecular formula is C9H17N3. The quantitative estimate of drug-likeness (QED) is 0.503. The van der Waals surface area contributed by atoms with Crippen LogP contribution in [0.25, 0.3) is 0 Å². The minimum Gasteiger partial charge on any atom is -0.349 e. The van der Waals surface area contributed by atoms with E-state index in [-0.39, 0.29) is 0 Å². The first kappa shape index (κ1) is 10.9. The number of hydrogen-bond acceptors (Lipinski definition) is 2. The van der Waals surface area contributed by atoms with Crippen molar-refractivity contribution in [3.05, 3.63) is 12.4 Å². The number of hydrogen-bond donors (Lipinski definition) is 1. The summed E-state index contributed by atoms with van der Waals surface area (Å²) in [6, 6.07) is 0. The average Bonchev–Trinajstić information content (AvgIpc) is 2.01. The Kier molecular flexibility index (Phi) is 5.97. The van der Waals surface area contributed by atoms with Crippen LogP contribution < -0.4 is 5.32 Å². The third kappa shape index (κ3) is 6.99. The van der Waals surface area contributed by atoms with Crippen LogP contribution in [-0.2, 0) is 0 Å². The summed E-state index contributed by atoms with van der Waals surface area (Å²) in [6.07, 6.45) is 3.31. The summed E-state index contributed by atoms with van der Waals surface area (Å²) in [5, 5.41) is 2.97. The topological polar surface area (TPSA) is 36.8 Å². The second-order valence-electron chi connectivity index (χ2n) is 2.96. The van der Waals surface area contributed by atoms with Gasteiger partial charge in [0.1, 0.15) is 0 Å². The Morgan fingerprint density at radius 3 is 2.75 bits per heavy atom. The van der Waals surface area contributed by atoms with Crippen molar-refractivity contribution in [2.24, 2.45) is 15.9 Å². The second-order valence-corrected chi connectivity index (χ2v) is 2.96. The van der Waals surface area contributed by atoms with Gasteiger partial charge in [-0.15, -0.1) is 0 Å². The molecule has 0 rings (SSSR count). The first-order chi connectivity index (χ1) is 5.66. The zero-order valence-electron chi connectivity index (χ0n) is 8.04. The van der Waals surface area contributed by atoms with E-state index in [0.29, 0.717) is 5.92 Å². The van der Waals surface area contributed by atoms with Crippen LogP contribution in [0.1, 0.15) is 20.8 Å². The Morgan fingerprint density at radius 2 is 2.25 bits per heavy atom. The molecule has 0 aliphatic rings. The number of amidine groups is 1. The second kappa shape index (κ2) is 6.58. The molecule has 0 saturated carbocycles. The van der Waals surface area contributed by atoms with E-state index in [1.165, 1.54) is 0 Å². The smallest absolute Gasteiger partial charge is 0.0971 e. The summed E-state index contributed by atoms with van der Waals surface area (Å²) in [5.41, 5.74) is 0. The Bertz CT molecular complexity index is 180. The molecule has 0 heterocycles. The first-order valence-electron chi connectivity index (χ1n) is 4.05. The van der Waals surface area contributed by atoms with E-state index in [2.05, 4.69) is 35.9 Å². The number of aliphatic imine (C=N–C) groups is 2. The highest BCUT2D eigenvalue weighted by Crippen LogP contribution is 1.91. The van der Waals surface area contributed by atoms with Crippen molar-refractivity contribution in [1.82, 2.24) is 5.32 Å². The van der Waals surface area contributed by atoms with Gasteiger partial charge in [-0.25, -0.2) is 0 Å². The van der Waals surface area contributed by atoms with Gasteiger partial charge in [0.25, 0.3) is 0 Å². The third-order valence-electron chi connectivity index (χ3n) is 1.17. The van der Waals surface area contributed by atoms with Gasteiger partial charge in [0.15, 0.2) is 0 Å². The predicted octanol–water partition coefficient (Wildman–Crippen LogP) is 1.82. The van der Waals surface area contributed by atoms with E-state index in [4.69, 9.17) is 0 Å². The lowest BCUT2D eigenvalue weighted by molar-refractivity contribution is 0.664. The molecule has 0 aromatic rings. The maximum Gasteiger partial charge on any atom is 0.0971 e. The highest BCUT2D eigenvalue weighted by Gasteiger charge is 1.90. The van der Waals surface area contributed by atoms with Crippen molar-refractivity contribution in [2.75, 3.05) is 6.54 Å². The summed E-state index contributed by atoms with van der Waals surface area (Å²) in [5.74, 6) is 1.51. The lowest BCUT2D eigenvalue weighted by Crippen LogP contribution is -2.14. The number of nitrogens with one attached hydrogen (secondary N) is 1. The Morgan fingerprint density at radius 1 is 1.58 bits per heavy atom. The molecule has 0 aromatic carbocycles. The maximum atomic E-state index is 4.29. The van der Waals surface area contributed by atoms with E-state index in [1.54, 1.807) is 12.4 Å². The lowest BCUT2D eigenvalue weighted by Gasteiger charge is -2.01. The molecule has 0 bridgehead atoms. The summed E-state index contributed by atoms with van der Waals surface area (Å²) in [6.45, 7) is 10.4. The molecule has 12 heavy (non-hydrogen) atoms. The van der Waals surface area contributed by atoms with Crippen LogP contribution in [0.5, 0.6) is 0 Å². The fraction of sp³-hybridized carbons (Fsp3) is 0.556. The number of nitrogens with zero attached hydrogens (tertiary/aromatic N) is 2. The van der Waals surface area contributed by atoms with Gasteiger partial charge in [-0.3, -0.25) is 9.98 Å². The molecule has 0 radical (unpaired) electrons. The third-order valence-corrected chi connectivity index (χ3v) is 1.17. The molecule has 0 aliphatic heterocycles. The summed E-state index contributed by atoms with van der Waals surface area (Å²) >= 11 is 0. The van der Waals surface area contributed by atoms with Crippen molar-refractivity contribution in [3.63, 3.8) is 0 Å². The van der Waals surface area contributed by atoms with Gasteiger partial charge < -0.3 is 5.32 Å². The van der Waals surface area contributed by atoms with Gasteiger partial charge >= 0.3 is 0 Å².